The van der Waals surface area contributed by atoms with Crippen molar-refractivity contribution in [1.29, 1.82) is 0 Å². The van der Waals surface area contributed by atoms with Crippen LogP contribution in [0.5, 0.6) is 0 Å². The smallest absolute Gasteiger partial charge is 0.180 e. The Hall–Kier alpha value is -1.66. The predicted molar refractivity (Wildman–Crippen MR) is 76.1 cm³/mol. The van der Waals surface area contributed by atoms with Gasteiger partial charge in [0.05, 0.1) is 10.6 Å². The highest BCUT2D eigenvalue weighted by Crippen LogP contribution is 2.32. The Morgan fingerprint density at radius 3 is 3.00 bits per heavy atom. The molecule has 2 N–H and O–H groups in total. The fraction of sp³-hybridized carbons (Fsp3) is 0.357. The maximum Gasteiger partial charge on any atom is 0.180 e. The van der Waals surface area contributed by atoms with Gasteiger partial charge in [-0.3, -0.25) is 0 Å². The molecule has 2 heterocycles. The first-order valence-corrected chi connectivity index (χ1v) is 8.35. The monoisotopic (exact) mass is 291 g/mol. The molecule has 0 aliphatic carbocycles. The van der Waals surface area contributed by atoms with E-state index in [1.54, 1.807) is 18.3 Å². The first kappa shape index (κ1) is 13.3. The number of imidazole rings is 1. The van der Waals surface area contributed by atoms with Gasteiger partial charge in [-0.05, 0) is 24.6 Å². The number of nitrogens with one attached hydrogen (secondary N) is 2. The molecule has 1 aromatic carbocycles. The molecule has 0 saturated heterocycles. The first-order chi connectivity index (χ1) is 9.67. The van der Waals surface area contributed by atoms with Crippen LogP contribution in [-0.2, 0) is 16.3 Å². The minimum atomic E-state index is -3.12. The molecule has 3 rings (SSSR count). The van der Waals surface area contributed by atoms with E-state index in [0.717, 1.165) is 30.8 Å². The van der Waals surface area contributed by atoms with Crippen LogP contribution < -0.4 is 5.32 Å². The van der Waals surface area contributed by atoms with Gasteiger partial charge < -0.3 is 10.3 Å². The van der Waals surface area contributed by atoms with Gasteiger partial charge in [0.1, 0.15) is 5.82 Å². The number of aromatic nitrogens is 2. The van der Waals surface area contributed by atoms with Crippen molar-refractivity contribution < 1.29 is 8.42 Å². The molecule has 0 fully saturated rings. The van der Waals surface area contributed by atoms with Gasteiger partial charge in [0.25, 0.3) is 0 Å². The maximum absolute atomic E-state index is 12.0. The van der Waals surface area contributed by atoms with E-state index in [2.05, 4.69) is 15.3 Å². The molecule has 0 bridgehead atoms. The average molecular weight is 291 g/mol. The molecular weight excluding hydrogens is 274 g/mol. The number of aromatic amines is 1. The Morgan fingerprint density at radius 2 is 2.20 bits per heavy atom. The zero-order chi connectivity index (χ0) is 14.0. The lowest BCUT2D eigenvalue weighted by atomic mass is 10.1. The normalized spacial score (nSPS) is 19.9. The summed E-state index contributed by atoms with van der Waals surface area (Å²) in [7, 11) is -3.12. The highest BCUT2D eigenvalue weighted by molar-refractivity contribution is 7.91. The molecule has 0 amide bonds. The van der Waals surface area contributed by atoms with Crippen LogP contribution in [0.15, 0.2) is 41.6 Å². The topological polar surface area (TPSA) is 74.8 Å². The standard InChI is InChI=1S/C14H17N3O2S/c18-20(19)10-12(11-4-1-2-5-13(11)20)15-7-3-6-14-16-8-9-17-14/h1-2,4-5,8-9,12,15H,3,6-7,10H2,(H,16,17). The molecule has 6 heteroatoms. The number of fused-ring (bicyclic) bond motifs is 1. The maximum atomic E-state index is 12.0. The second-order valence-electron chi connectivity index (χ2n) is 4.97. The summed E-state index contributed by atoms with van der Waals surface area (Å²) in [5, 5.41) is 3.34. The van der Waals surface area contributed by atoms with Gasteiger partial charge >= 0.3 is 0 Å². The SMILES string of the molecule is O=S1(=O)CC(NCCCc2ncc[nH]2)c2ccccc21. The van der Waals surface area contributed by atoms with Crippen LogP contribution in [0, 0.1) is 0 Å². The molecule has 1 atom stereocenters. The second kappa shape index (κ2) is 5.38. The van der Waals surface area contributed by atoms with E-state index < -0.39 is 9.84 Å². The van der Waals surface area contributed by atoms with Gasteiger partial charge in [-0.2, -0.15) is 0 Å². The minimum Gasteiger partial charge on any atom is -0.349 e. The van der Waals surface area contributed by atoms with Gasteiger partial charge in [0.2, 0.25) is 0 Å². The van der Waals surface area contributed by atoms with Crippen molar-refractivity contribution in [2.75, 3.05) is 12.3 Å². The molecule has 5 nitrogen and oxygen atoms in total. The fourth-order valence-electron chi connectivity index (χ4n) is 2.59. The van der Waals surface area contributed by atoms with Crippen molar-refractivity contribution in [3.05, 3.63) is 48.0 Å². The van der Waals surface area contributed by atoms with Gasteiger partial charge in [-0.25, -0.2) is 13.4 Å². The van der Waals surface area contributed by atoms with Crippen molar-refractivity contribution in [3.8, 4) is 0 Å². The summed E-state index contributed by atoms with van der Waals surface area (Å²) >= 11 is 0. The van der Waals surface area contributed by atoms with Crippen molar-refractivity contribution in [3.63, 3.8) is 0 Å². The highest BCUT2D eigenvalue weighted by atomic mass is 32.2. The van der Waals surface area contributed by atoms with Gasteiger partial charge in [0.15, 0.2) is 9.84 Å². The van der Waals surface area contributed by atoms with E-state index in [1.807, 2.05) is 18.3 Å². The zero-order valence-electron chi connectivity index (χ0n) is 11.0. The van der Waals surface area contributed by atoms with Crippen LogP contribution in [0.2, 0.25) is 0 Å². The van der Waals surface area contributed by atoms with Crippen LogP contribution >= 0.6 is 0 Å². The van der Waals surface area contributed by atoms with Crippen LogP contribution in [0.4, 0.5) is 0 Å². The third-order valence-electron chi connectivity index (χ3n) is 3.55. The Labute approximate surface area is 118 Å². The number of aryl methyl sites for hydroxylation is 1. The number of nitrogens with zero attached hydrogens (tertiary/aromatic N) is 1. The molecule has 1 aliphatic heterocycles. The quantitative estimate of drug-likeness (QED) is 0.818. The Morgan fingerprint density at radius 1 is 1.35 bits per heavy atom. The van der Waals surface area contributed by atoms with Crippen LogP contribution in [-0.4, -0.2) is 30.7 Å². The number of H-pyrrole nitrogens is 1. The van der Waals surface area contributed by atoms with E-state index in [-0.39, 0.29) is 11.8 Å². The van der Waals surface area contributed by atoms with Gasteiger partial charge in [-0.15, -0.1) is 0 Å². The van der Waals surface area contributed by atoms with Crippen molar-refractivity contribution in [1.82, 2.24) is 15.3 Å². The number of rotatable bonds is 5. The summed E-state index contributed by atoms with van der Waals surface area (Å²) in [6, 6.07) is 7.15. The molecule has 20 heavy (non-hydrogen) atoms. The Kier molecular flexibility index (Phi) is 3.58. The predicted octanol–water partition coefficient (Wildman–Crippen LogP) is 1.46. The van der Waals surface area contributed by atoms with Crippen LogP contribution in [0.3, 0.4) is 0 Å². The molecule has 1 aliphatic rings. The third kappa shape index (κ3) is 2.62. The van der Waals surface area contributed by atoms with Crippen molar-refractivity contribution in [2.24, 2.45) is 0 Å². The zero-order valence-corrected chi connectivity index (χ0v) is 11.9. The van der Waals surface area contributed by atoms with E-state index in [0.29, 0.717) is 4.90 Å². The highest BCUT2D eigenvalue weighted by Gasteiger charge is 2.33. The summed E-state index contributed by atoms with van der Waals surface area (Å²) in [6.45, 7) is 0.773. The van der Waals surface area contributed by atoms with Crippen molar-refractivity contribution >= 4 is 9.84 Å². The minimum absolute atomic E-state index is 0.0900. The molecule has 1 aromatic heterocycles. The van der Waals surface area contributed by atoms with E-state index in [4.69, 9.17) is 0 Å². The number of hydrogen-bond donors (Lipinski definition) is 2. The van der Waals surface area contributed by atoms with Crippen LogP contribution in [0.25, 0.3) is 0 Å². The van der Waals surface area contributed by atoms with E-state index in [1.165, 1.54) is 0 Å². The molecule has 106 valence electrons. The summed E-state index contributed by atoms with van der Waals surface area (Å²) in [4.78, 5) is 7.70. The van der Waals surface area contributed by atoms with Crippen LogP contribution in [0.1, 0.15) is 23.9 Å². The van der Waals surface area contributed by atoms with Gasteiger partial charge in [-0.1, -0.05) is 18.2 Å². The number of hydrogen-bond acceptors (Lipinski definition) is 4. The number of benzene rings is 1. The lowest BCUT2D eigenvalue weighted by molar-refractivity contribution is 0.552. The molecule has 1 unspecified atom stereocenters. The van der Waals surface area contributed by atoms with E-state index >= 15 is 0 Å². The lowest BCUT2D eigenvalue weighted by Gasteiger charge is -2.12. The molecule has 2 aromatic rings. The Bertz CT molecular complexity index is 680. The molecule has 0 radical (unpaired) electrons. The molecule has 0 saturated carbocycles. The summed E-state index contributed by atoms with van der Waals surface area (Å²) < 4.78 is 24.1. The first-order valence-electron chi connectivity index (χ1n) is 6.70. The Balaban J connectivity index is 1.59. The van der Waals surface area contributed by atoms with E-state index in [9.17, 15) is 8.42 Å². The third-order valence-corrected chi connectivity index (χ3v) is 5.37. The summed E-state index contributed by atoms with van der Waals surface area (Å²) in [5.74, 6) is 1.12. The van der Waals surface area contributed by atoms with Crippen molar-refractivity contribution in [2.45, 2.75) is 23.8 Å². The molecule has 0 spiro atoms. The number of sulfone groups is 1. The average Bonchev–Trinajstić information content (AvgIpc) is 3.03. The lowest BCUT2D eigenvalue weighted by Crippen LogP contribution is -2.24. The fourth-order valence-corrected chi connectivity index (χ4v) is 4.36. The summed E-state index contributed by atoms with van der Waals surface area (Å²) in [5.41, 5.74) is 0.894. The largest absolute Gasteiger partial charge is 0.349 e. The second-order valence-corrected chi connectivity index (χ2v) is 6.97. The van der Waals surface area contributed by atoms with Gasteiger partial charge in [0, 0.05) is 24.9 Å². The molecular formula is C14H17N3O2S. The summed E-state index contributed by atoms with van der Waals surface area (Å²) in [6.07, 6.45) is 5.33.